The van der Waals surface area contributed by atoms with E-state index in [9.17, 15) is 44.3 Å². The van der Waals surface area contributed by atoms with Gasteiger partial charge in [-0.3, -0.25) is 5.32 Å². The van der Waals surface area contributed by atoms with Crippen LogP contribution in [0.25, 0.3) is 0 Å². The number of benzene rings is 1. The second-order valence-electron chi connectivity index (χ2n) is 6.59. The maximum Gasteiger partial charge on any atom is 0.461 e. The highest BCUT2D eigenvalue weighted by atomic mass is 19.4. The van der Waals surface area contributed by atoms with Crippen LogP contribution in [0.15, 0.2) is 43.0 Å². The summed E-state index contributed by atoms with van der Waals surface area (Å²) in [6.07, 6.45) is -13.4. The molecule has 8 nitrogen and oxygen atoms in total. The Bertz CT molecular complexity index is 1050. The standard InChI is InChI=1S/C19H15F9N4O4/c1-2-17(22,23)8-34-12-7-13(35-9-18(24,25)26)31-15(30-12)32-16(33)29-10-3-5-11(6-4-10)36-19(27,28)14(20)21/h2-7,14H,1,8-9H2,(H2,29,30,31,32,33). The Morgan fingerprint density at radius 2 is 1.50 bits per heavy atom. The molecule has 0 aliphatic heterocycles. The summed E-state index contributed by atoms with van der Waals surface area (Å²) in [6, 6.07) is 3.19. The van der Waals surface area contributed by atoms with Crippen molar-refractivity contribution in [3.05, 3.63) is 43.0 Å². The van der Waals surface area contributed by atoms with E-state index in [1.807, 2.05) is 5.32 Å². The van der Waals surface area contributed by atoms with Crippen molar-refractivity contribution in [2.24, 2.45) is 0 Å². The fraction of sp³-hybridized carbons (Fsp3) is 0.316. The molecule has 0 atom stereocenters. The van der Waals surface area contributed by atoms with Crippen LogP contribution < -0.4 is 24.8 Å². The summed E-state index contributed by atoms with van der Waals surface area (Å²) in [5.74, 6) is -6.35. The Morgan fingerprint density at radius 1 is 0.944 bits per heavy atom. The third kappa shape index (κ3) is 9.38. The molecule has 1 aromatic carbocycles. The highest BCUT2D eigenvalue weighted by Gasteiger charge is 2.44. The monoisotopic (exact) mass is 534 g/mol. The Morgan fingerprint density at radius 3 is 2.00 bits per heavy atom. The van der Waals surface area contributed by atoms with Gasteiger partial charge in [-0.15, -0.1) is 0 Å². The number of halogens is 9. The molecular formula is C19H15F9N4O4. The van der Waals surface area contributed by atoms with Crippen molar-refractivity contribution in [3.63, 3.8) is 0 Å². The fourth-order valence-electron chi connectivity index (χ4n) is 2.06. The largest absolute Gasteiger partial charge is 0.471 e. The molecule has 0 bridgehead atoms. The molecule has 0 saturated carbocycles. The van der Waals surface area contributed by atoms with E-state index in [1.165, 1.54) is 0 Å². The number of nitrogens with zero attached hydrogens (tertiary/aromatic N) is 2. The topological polar surface area (TPSA) is 94.6 Å². The van der Waals surface area contributed by atoms with E-state index in [-0.39, 0.29) is 11.8 Å². The van der Waals surface area contributed by atoms with Crippen molar-refractivity contribution >= 4 is 17.7 Å². The first-order valence-corrected chi connectivity index (χ1v) is 9.34. The molecule has 0 aliphatic carbocycles. The summed E-state index contributed by atoms with van der Waals surface area (Å²) >= 11 is 0. The van der Waals surface area contributed by atoms with Crippen molar-refractivity contribution in [2.75, 3.05) is 23.8 Å². The van der Waals surface area contributed by atoms with E-state index >= 15 is 0 Å². The van der Waals surface area contributed by atoms with Crippen molar-refractivity contribution in [2.45, 2.75) is 24.6 Å². The maximum atomic E-state index is 13.3. The van der Waals surface area contributed by atoms with E-state index in [1.54, 1.807) is 0 Å². The van der Waals surface area contributed by atoms with Gasteiger partial charge in [-0.1, -0.05) is 6.58 Å². The average molecular weight is 534 g/mol. The smallest absolute Gasteiger partial charge is 0.461 e. The third-order valence-corrected chi connectivity index (χ3v) is 3.62. The van der Waals surface area contributed by atoms with Gasteiger partial charge in [0, 0.05) is 5.69 Å². The van der Waals surface area contributed by atoms with Crippen LogP contribution in [0, 0.1) is 0 Å². The molecule has 2 rings (SSSR count). The van der Waals surface area contributed by atoms with Gasteiger partial charge in [0.2, 0.25) is 17.7 Å². The zero-order chi connectivity index (χ0) is 27.1. The molecule has 0 aliphatic rings. The van der Waals surface area contributed by atoms with Crippen LogP contribution in [0.5, 0.6) is 17.5 Å². The summed E-state index contributed by atoms with van der Waals surface area (Å²) < 4.78 is 127. The number of urea groups is 1. The molecule has 0 radical (unpaired) electrons. The van der Waals surface area contributed by atoms with Crippen LogP contribution in [0.4, 0.5) is 55.9 Å². The second-order valence-corrected chi connectivity index (χ2v) is 6.59. The van der Waals surface area contributed by atoms with Gasteiger partial charge >= 0.3 is 24.7 Å². The number of anilines is 2. The van der Waals surface area contributed by atoms with Crippen LogP contribution in [0.2, 0.25) is 0 Å². The Balaban J connectivity index is 2.11. The van der Waals surface area contributed by atoms with E-state index < -0.39 is 67.3 Å². The summed E-state index contributed by atoms with van der Waals surface area (Å²) in [6.45, 7) is -0.213. The van der Waals surface area contributed by atoms with Gasteiger partial charge in [-0.2, -0.15) is 49.5 Å². The molecular weight excluding hydrogens is 519 g/mol. The minimum absolute atomic E-state index is 0.0770. The van der Waals surface area contributed by atoms with Gasteiger partial charge in [-0.25, -0.2) is 4.79 Å². The normalized spacial score (nSPS) is 12.2. The van der Waals surface area contributed by atoms with E-state index in [4.69, 9.17) is 4.74 Å². The van der Waals surface area contributed by atoms with Crippen LogP contribution in [-0.4, -0.2) is 53.8 Å². The van der Waals surface area contributed by atoms with Crippen LogP contribution in [0.3, 0.4) is 0 Å². The lowest BCUT2D eigenvalue weighted by Crippen LogP contribution is -2.33. The van der Waals surface area contributed by atoms with Gasteiger partial charge in [0.05, 0.1) is 6.07 Å². The van der Waals surface area contributed by atoms with Crippen molar-refractivity contribution < 1.29 is 58.5 Å². The Labute approximate surface area is 196 Å². The van der Waals surface area contributed by atoms with Gasteiger partial charge in [-0.05, 0) is 30.3 Å². The number of carbonyl (C=O) groups is 1. The third-order valence-electron chi connectivity index (χ3n) is 3.62. The molecule has 0 fully saturated rings. The molecule has 17 heteroatoms. The van der Waals surface area contributed by atoms with Crippen LogP contribution in [0.1, 0.15) is 0 Å². The summed E-state index contributed by atoms with van der Waals surface area (Å²) in [5, 5.41) is 4.12. The van der Waals surface area contributed by atoms with E-state index in [2.05, 4.69) is 31.3 Å². The first kappa shape index (κ1) is 28.3. The van der Waals surface area contributed by atoms with Gasteiger partial charge < -0.3 is 19.5 Å². The molecule has 2 aromatic rings. The van der Waals surface area contributed by atoms with Crippen molar-refractivity contribution in [1.29, 1.82) is 0 Å². The zero-order valence-electron chi connectivity index (χ0n) is 17.6. The number of alkyl halides is 9. The highest BCUT2D eigenvalue weighted by molar-refractivity contribution is 5.98. The SMILES string of the molecule is C=CC(F)(F)COc1cc(OCC(F)(F)F)nc(NC(=O)Nc2ccc(OC(F)(F)C(F)F)cc2)n1. The molecule has 2 N–H and O–H groups in total. The molecule has 198 valence electrons. The molecule has 0 saturated heterocycles. The molecule has 1 aromatic heterocycles. The lowest BCUT2D eigenvalue weighted by atomic mass is 10.3. The lowest BCUT2D eigenvalue weighted by molar-refractivity contribution is -0.253. The van der Waals surface area contributed by atoms with Gasteiger partial charge in [0.25, 0.3) is 5.92 Å². The summed E-state index contributed by atoms with van der Waals surface area (Å²) in [7, 11) is 0. The molecule has 2 amide bonds. The number of ether oxygens (including phenoxy) is 3. The Kier molecular flexibility index (Phi) is 8.82. The van der Waals surface area contributed by atoms with Crippen LogP contribution >= 0.6 is 0 Å². The van der Waals surface area contributed by atoms with Gasteiger partial charge in [0.1, 0.15) is 5.75 Å². The number of rotatable bonds is 11. The predicted molar refractivity (Wildman–Crippen MR) is 105 cm³/mol. The Hall–Kier alpha value is -3.92. The second kappa shape index (κ2) is 11.2. The minimum Gasteiger partial charge on any atom is -0.471 e. The summed E-state index contributed by atoms with van der Waals surface area (Å²) in [5.41, 5.74) is -0.0770. The minimum atomic E-state index is -4.78. The van der Waals surface area contributed by atoms with Crippen LogP contribution in [-0.2, 0) is 0 Å². The number of amides is 2. The quantitative estimate of drug-likeness (QED) is 0.292. The fourth-order valence-corrected chi connectivity index (χ4v) is 2.06. The molecule has 0 unspecified atom stereocenters. The average Bonchev–Trinajstić information content (AvgIpc) is 2.77. The van der Waals surface area contributed by atoms with Crippen molar-refractivity contribution in [3.8, 4) is 17.5 Å². The maximum absolute atomic E-state index is 13.3. The first-order valence-electron chi connectivity index (χ1n) is 9.34. The number of hydrogen-bond acceptors (Lipinski definition) is 6. The summed E-state index contributed by atoms with van der Waals surface area (Å²) in [4.78, 5) is 19.2. The number of hydrogen-bond donors (Lipinski definition) is 2. The molecule has 0 spiro atoms. The number of nitrogens with one attached hydrogen (secondary N) is 2. The van der Waals surface area contributed by atoms with E-state index in [0.717, 1.165) is 24.3 Å². The highest BCUT2D eigenvalue weighted by Crippen LogP contribution is 2.28. The van der Waals surface area contributed by atoms with Gasteiger partial charge in [0.15, 0.2) is 13.2 Å². The molecule has 36 heavy (non-hydrogen) atoms. The number of aromatic nitrogens is 2. The zero-order valence-corrected chi connectivity index (χ0v) is 17.6. The lowest BCUT2D eigenvalue weighted by Gasteiger charge is -2.17. The number of carbonyl (C=O) groups excluding carboxylic acids is 1. The first-order chi connectivity index (χ1) is 16.6. The molecule has 1 heterocycles. The predicted octanol–water partition coefficient (Wildman–Crippen LogP) is 5.50. The van der Waals surface area contributed by atoms with Crippen molar-refractivity contribution in [1.82, 2.24) is 9.97 Å². The van der Waals surface area contributed by atoms with E-state index in [0.29, 0.717) is 6.07 Å².